The second kappa shape index (κ2) is 7.38. The first kappa shape index (κ1) is 20.4. The van der Waals surface area contributed by atoms with Gasteiger partial charge in [-0.1, -0.05) is 24.3 Å². The molecule has 3 aromatic rings. The number of nitrogens with zero attached hydrogens (tertiary/aromatic N) is 2. The van der Waals surface area contributed by atoms with Gasteiger partial charge in [-0.2, -0.15) is 0 Å². The van der Waals surface area contributed by atoms with E-state index in [2.05, 4.69) is 0 Å². The van der Waals surface area contributed by atoms with Crippen LogP contribution >= 0.6 is 0 Å². The number of carbonyl (C=O) groups excluding carboxylic acids is 4. The van der Waals surface area contributed by atoms with Crippen molar-refractivity contribution in [3.8, 4) is 0 Å². The van der Waals surface area contributed by atoms with Crippen molar-refractivity contribution >= 4 is 35.1 Å². The normalized spacial score (nSPS) is 24.7. The second-order valence-electron chi connectivity index (χ2n) is 8.79. The zero-order valence-corrected chi connectivity index (χ0v) is 18.3. The first-order valence-corrected chi connectivity index (χ1v) is 11.1. The smallest absolute Gasteiger partial charge is 0.240 e. The van der Waals surface area contributed by atoms with Gasteiger partial charge in [0, 0.05) is 11.8 Å². The molecular weight excluding hydrogens is 432 g/mol. The number of benzene rings is 2. The Morgan fingerprint density at radius 1 is 0.882 bits per heavy atom. The van der Waals surface area contributed by atoms with E-state index in [1.54, 1.807) is 36.4 Å². The predicted octanol–water partition coefficient (Wildman–Crippen LogP) is 3.88. The third kappa shape index (κ3) is 2.76. The molecule has 2 aromatic carbocycles. The number of fused-ring (bicyclic) bond motifs is 5. The number of rotatable bonds is 4. The Morgan fingerprint density at radius 3 is 2.32 bits per heavy atom. The highest BCUT2D eigenvalue weighted by atomic mass is 16.3. The molecule has 6 rings (SSSR count). The van der Waals surface area contributed by atoms with Gasteiger partial charge < -0.3 is 9.32 Å². The average molecular weight is 452 g/mol. The number of carbonyl (C=O) groups is 4. The summed E-state index contributed by atoms with van der Waals surface area (Å²) in [5.74, 6) is -2.64. The fraction of sp³-hybridized carbons (Fsp3) is 0.185. The van der Waals surface area contributed by atoms with Gasteiger partial charge in [0.1, 0.15) is 6.04 Å². The van der Waals surface area contributed by atoms with E-state index in [4.69, 9.17) is 4.42 Å². The molecule has 168 valence electrons. The largest absolute Gasteiger partial charge is 0.461 e. The van der Waals surface area contributed by atoms with Crippen LogP contribution in [0.5, 0.6) is 0 Å². The lowest BCUT2D eigenvalue weighted by atomic mass is 9.84. The molecule has 0 saturated carbocycles. The summed E-state index contributed by atoms with van der Waals surface area (Å²) in [5.41, 5.74) is 2.75. The Bertz CT molecular complexity index is 1370. The molecule has 0 N–H and O–H groups in total. The highest BCUT2D eigenvalue weighted by Crippen LogP contribution is 2.53. The molecule has 4 heterocycles. The zero-order chi connectivity index (χ0) is 23.6. The molecule has 3 aliphatic heterocycles. The van der Waals surface area contributed by atoms with E-state index in [1.807, 2.05) is 41.4 Å². The molecule has 0 radical (unpaired) electrons. The average Bonchev–Trinajstić information content (AvgIpc) is 3.55. The molecular formula is C27H20N2O5. The number of amides is 2. The second-order valence-corrected chi connectivity index (χ2v) is 8.79. The van der Waals surface area contributed by atoms with Crippen LogP contribution in [0.15, 0.2) is 77.5 Å². The van der Waals surface area contributed by atoms with Crippen molar-refractivity contribution in [2.75, 3.05) is 4.90 Å². The summed E-state index contributed by atoms with van der Waals surface area (Å²) in [6.45, 7) is 1.46. The minimum Gasteiger partial charge on any atom is -0.461 e. The summed E-state index contributed by atoms with van der Waals surface area (Å²) in [6.07, 6.45) is 5.13. The van der Waals surface area contributed by atoms with E-state index in [1.165, 1.54) is 18.1 Å². The summed E-state index contributed by atoms with van der Waals surface area (Å²) in [7, 11) is 0. The maximum atomic E-state index is 13.8. The van der Waals surface area contributed by atoms with Crippen LogP contribution in [0, 0.1) is 11.8 Å². The highest BCUT2D eigenvalue weighted by Gasteiger charge is 2.64. The molecule has 7 heteroatoms. The molecule has 2 amide bonds. The van der Waals surface area contributed by atoms with Gasteiger partial charge in [0.2, 0.25) is 17.6 Å². The molecule has 0 spiro atoms. The Balaban J connectivity index is 1.47. The molecule has 0 bridgehead atoms. The van der Waals surface area contributed by atoms with Crippen LogP contribution < -0.4 is 4.90 Å². The van der Waals surface area contributed by atoms with Crippen molar-refractivity contribution < 1.29 is 23.6 Å². The van der Waals surface area contributed by atoms with Crippen LogP contribution in [0.4, 0.5) is 5.69 Å². The maximum absolute atomic E-state index is 13.8. The first-order valence-electron chi connectivity index (χ1n) is 11.1. The minimum atomic E-state index is -0.872. The van der Waals surface area contributed by atoms with Crippen molar-refractivity contribution in [1.82, 2.24) is 4.90 Å². The van der Waals surface area contributed by atoms with Crippen LogP contribution in [0.25, 0.3) is 6.08 Å². The summed E-state index contributed by atoms with van der Waals surface area (Å²) in [4.78, 5) is 55.8. The van der Waals surface area contributed by atoms with E-state index >= 15 is 0 Å². The summed E-state index contributed by atoms with van der Waals surface area (Å²) in [5, 5.41) is 0. The summed E-state index contributed by atoms with van der Waals surface area (Å²) < 4.78 is 5.37. The first-order chi connectivity index (χ1) is 16.5. The SMILES string of the molecule is CC(=O)c1ccc(N2C(=O)[C@@H]3[C@H](C2=O)[C@@H]2c4ccccc4C=CN2[C@@H]3C(=O)c2ccco2)cc1. The zero-order valence-electron chi connectivity index (χ0n) is 18.3. The third-order valence-corrected chi connectivity index (χ3v) is 7.03. The Morgan fingerprint density at radius 2 is 1.62 bits per heavy atom. The van der Waals surface area contributed by atoms with Crippen LogP contribution in [0.3, 0.4) is 0 Å². The molecule has 4 atom stereocenters. The van der Waals surface area contributed by atoms with Crippen molar-refractivity contribution in [2.24, 2.45) is 11.8 Å². The molecule has 1 aromatic heterocycles. The fourth-order valence-electron chi connectivity index (χ4n) is 5.52. The monoisotopic (exact) mass is 452 g/mol. The third-order valence-electron chi connectivity index (χ3n) is 7.03. The lowest BCUT2D eigenvalue weighted by Crippen LogP contribution is -2.44. The van der Waals surface area contributed by atoms with Crippen LogP contribution in [0.2, 0.25) is 0 Å². The topological polar surface area (TPSA) is 87.9 Å². The van der Waals surface area contributed by atoms with E-state index in [0.717, 1.165) is 11.1 Å². The van der Waals surface area contributed by atoms with Gasteiger partial charge in [-0.25, -0.2) is 4.90 Å². The van der Waals surface area contributed by atoms with E-state index in [-0.39, 0.29) is 23.2 Å². The minimum absolute atomic E-state index is 0.104. The van der Waals surface area contributed by atoms with E-state index in [9.17, 15) is 19.2 Å². The highest BCUT2D eigenvalue weighted by molar-refractivity contribution is 6.24. The number of anilines is 1. The summed E-state index contributed by atoms with van der Waals surface area (Å²) >= 11 is 0. The molecule has 34 heavy (non-hydrogen) atoms. The van der Waals surface area contributed by atoms with Crippen molar-refractivity contribution in [2.45, 2.75) is 19.0 Å². The van der Waals surface area contributed by atoms with Gasteiger partial charge in [-0.15, -0.1) is 0 Å². The van der Waals surface area contributed by atoms with E-state index < -0.39 is 29.8 Å². The van der Waals surface area contributed by atoms with Crippen LogP contribution in [-0.2, 0) is 9.59 Å². The molecule has 0 aliphatic carbocycles. The molecule has 3 aliphatic rings. The Kier molecular flexibility index (Phi) is 4.42. The lowest BCUT2D eigenvalue weighted by molar-refractivity contribution is -0.123. The van der Waals surface area contributed by atoms with Gasteiger partial charge in [0.15, 0.2) is 11.5 Å². The van der Waals surface area contributed by atoms with E-state index in [0.29, 0.717) is 11.3 Å². The maximum Gasteiger partial charge on any atom is 0.240 e. The number of furan rings is 1. The van der Waals surface area contributed by atoms with Gasteiger partial charge in [-0.3, -0.25) is 19.2 Å². The quantitative estimate of drug-likeness (QED) is 0.441. The van der Waals surface area contributed by atoms with Crippen LogP contribution in [0.1, 0.15) is 45.0 Å². The van der Waals surface area contributed by atoms with Crippen LogP contribution in [-0.4, -0.2) is 34.3 Å². The number of ketones is 2. The fourth-order valence-corrected chi connectivity index (χ4v) is 5.52. The molecule has 2 saturated heterocycles. The number of Topliss-reactive ketones (excluding diaryl/α,β-unsaturated/α-hetero) is 2. The Labute approximate surface area is 195 Å². The predicted molar refractivity (Wildman–Crippen MR) is 123 cm³/mol. The van der Waals surface area contributed by atoms with Gasteiger partial charge >= 0.3 is 0 Å². The van der Waals surface area contributed by atoms with Crippen molar-refractivity contribution in [1.29, 1.82) is 0 Å². The van der Waals surface area contributed by atoms with Gasteiger partial charge in [0.05, 0.1) is 29.8 Å². The number of hydrogen-bond donors (Lipinski definition) is 0. The molecule has 2 fully saturated rings. The summed E-state index contributed by atoms with van der Waals surface area (Å²) in [6, 6.07) is 16.0. The van der Waals surface area contributed by atoms with Gasteiger partial charge in [-0.05, 0) is 60.5 Å². The standard InChI is InChI=1S/C27H20N2O5/c1-15(30)16-8-10-18(11-9-16)29-26(32)21-22(27(29)33)24(25(31)20-7-4-14-34-20)28-13-12-17-5-2-3-6-19(17)23(21)28/h2-14,21-24H,1H3/t21-,22+,23-,24-/m0/s1. The Hall–Kier alpha value is -4.26. The van der Waals surface area contributed by atoms with Crippen molar-refractivity contribution in [3.63, 3.8) is 0 Å². The number of imide groups is 1. The molecule has 7 nitrogen and oxygen atoms in total. The number of hydrogen-bond acceptors (Lipinski definition) is 6. The lowest BCUT2D eigenvalue weighted by Gasteiger charge is -2.35. The van der Waals surface area contributed by atoms with Crippen molar-refractivity contribution in [3.05, 3.63) is 95.6 Å². The van der Waals surface area contributed by atoms with Gasteiger partial charge in [0.25, 0.3) is 0 Å². The molecule has 0 unspecified atom stereocenters.